The molecule has 0 aliphatic carbocycles. The van der Waals surface area contributed by atoms with Gasteiger partial charge < -0.3 is 19.4 Å². The number of quaternary nitrogens is 1. The van der Waals surface area contributed by atoms with Gasteiger partial charge in [0.25, 0.3) is 0 Å². The van der Waals surface area contributed by atoms with Crippen LogP contribution in [0.1, 0.15) is 355 Å². The maximum atomic E-state index is 13.6. The number of allylic oxidation sites excluding steroid dienone is 5. The van der Waals surface area contributed by atoms with Crippen molar-refractivity contribution in [2.24, 2.45) is 0 Å². The number of phosphoric acid groups is 1. The molecule has 3 unspecified atom stereocenters. The molecule has 0 saturated carbocycles. The van der Waals surface area contributed by atoms with E-state index in [-0.39, 0.29) is 25.1 Å². The van der Waals surface area contributed by atoms with Crippen molar-refractivity contribution in [1.82, 2.24) is 5.32 Å². The SMILES string of the molecule is CCCCC/C=C\C/C=C\CCCCCCCCCCCC(=O)NC(COP(=O)(O)OCC[N+](C)(C)C)C(/C=C/CCCCCCCCCCCCC)OC(=O)CCCCCCCCCCCCCCCCCCCCCCCCC. The Labute approximate surface area is 504 Å². The van der Waals surface area contributed by atoms with E-state index in [1.54, 1.807) is 0 Å². The van der Waals surface area contributed by atoms with Crippen LogP contribution in [0.4, 0.5) is 0 Å². The van der Waals surface area contributed by atoms with Gasteiger partial charge in [0.05, 0.1) is 33.8 Å². The van der Waals surface area contributed by atoms with Crippen LogP contribution in [-0.2, 0) is 27.9 Å². The van der Waals surface area contributed by atoms with Gasteiger partial charge in [0.15, 0.2) is 0 Å². The smallest absolute Gasteiger partial charge is 0.456 e. The Morgan fingerprint density at radius 3 is 1.14 bits per heavy atom. The quantitative estimate of drug-likeness (QED) is 0.0205. The van der Waals surface area contributed by atoms with Crippen LogP contribution in [0.15, 0.2) is 36.5 Å². The highest BCUT2D eigenvalue weighted by molar-refractivity contribution is 7.47. The first-order valence-corrected chi connectivity index (χ1v) is 36.8. The van der Waals surface area contributed by atoms with E-state index in [4.69, 9.17) is 13.8 Å². The molecule has 0 bridgehead atoms. The van der Waals surface area contributed by atoms with Crippen LogP contribution in [0.25, 0.3) is 0 Å². The van der Waals surface area contributed by atoms with Crippen molar-refractivity contribution in [1.29, 1.82) is 0 Å². The number of ether oxygens (including phenoxy) is 1. The second-order valence-corrected chi connectivity index (χ2v) is 26.9. The summed E-state index contributed by atoms with van der Waals surface area (Å²) in [4.78, 5) is 37.9. The number of unbranched alkanes of at least 4 members (excludes halogenated alkanes) is 45. The minimum atomic E-state index is -4.45. The number of rotatable bonds is 65. The number of likely N-dealkylation sites (N-methyl/N-ethyl adjacent to an activating group) is 1. The van der Waals surface area contributed by atoms with Gasteiger partial charge >= 0.3 is 13.8 Å². The van der Waals surface area contributed by atoms with Crippen molar-refractivity contribution in [3.63, 3.8) is 0 Å². The normalized spacial score (nSPS) is 13.7. The molecule has 0 fully saturated rings. The summed E-state index contributed by atoms with van der Waals surface area (Å²) in [5.74, 6) is -0.490. The topological polar surface area (TPSA) is 111 Å². The Bertz CT molecular complexity index is 1480. The van der Waals surface area contributed by atoms with Gasteiger partial charge in [0.1, 0.15) is 19.3 Å². The third kappa shape index (κ3) is 62.6. The first kappa shape index (κ1) is 79.2. The third-order valence-corrected chi connectivity index (χ3v) is 17.1. The molecule has 0 rings (SSSR count). The summed E-state index contributed by atoms with van der Waals surface area (Å²) in [6, 6.07) is -0.848. The number of nitrogens with one attached hydrogen (secondary N) is 1. The molecule has 0 aliphatic rings. The molecule has 0 radical (unpaired) electrons. The van der Waals surface area contributed by atoms with E-state index in [1.165, 1.54) is 257 Å². The van der Waals surface area contributed by atoms with Crippen LogP contribution in [0.2, 0.25) is 0 Å². The molecule has 0 aromatic rings. The fraction of sp³-hybridized carbons (Fsp3) is 0.887. The standard InChI is InChI=1S/C71H137N2O7P/c1-7-10-13-16-19-22-25-28-30-32-34-35-36-37-39-41-43-46-49-52-55-58-61-64-71(75)80-69(62-59-56-53-50-47-44-27-24-21-18-15-12-9-3)68(67-79-81(76,77)78-66-65-73(4,5)6)72-70(74)63-60-57-54-51-48-45-42-40-38-33-31-29-26-23-20-17-14-11-8-2/h20,23,29,31,59,62,68-69H,7-19,21-22,24-28,30,32-58,60-61,63-67H2,1-6H3,(H-,72,74,76,77)/p+1/b23-20-,31-29-,62-59+. The summed E-state index contributed by atoms with van der Waals surface area (Å²) >= 11 is 0. The zero-order valence-electron chi connectivity index (χ0n) is 54.8. The Hall–Kier alpha value is -1.77. The molecule has 10 heteroatoms. The van der Waals surface area contributed by atoms with Crippen LogP contribution in [0.5, 0.6) is 0 Å². The number of amides is 1. The second-order valence-electron chi connectivity index (χ2n) is 25.4. The average Bonchev–Trinajstić information content (AvgIpc) is 3.44. The lowest BCUT2D eigenvalue weighted by atomic mass is 10.0. The molecule has 81 heavy (non-hydrogen) atoms. The first-order valence-electron chi connectivity index (χ1n) is 35.3. The number of carbonyl (C=O) groups excluding carboxylic acids is 2. The molecule has 478 valence electrons. The predicted molar refractivity (Wildman–Crippen MR) is 351 cm³/mol. The Morgan fingerprint density at radius 1 is 0.432 bits per heavy atom. The number of esters is 1. The zero-order chi connectivity index (χ0) is 59.3. The summed E-state index contributed by atoms with van der Waals surface area (Å²) in [5.41, 5.74) is 0. The monoisotopic (exact) mass is 1160 g/mol. The molecule has 0 saturated heterocycles. The minimum absolute atomic E-state index is 0.0420. The molecule has 1 amide bonds. The van der Waals surface area contributed by atoms with E-state index >= 15 is 0 Å². The number of phosphoric ester groups is 1. The second kappa shape index (κ2) is 61.3. The van der Waals surface area contributed by atoms with Gasteiger partial charge in [-0.3, -0.25) is 18.6 Å². The maximum Gasteiger partial charge on any atom is 0.472 e. The fourth-order valence-corrected chi connectivity index (χ4v) is 11.4. The Morgan fingerprint density at radius 2 is 0.753 bits per heavy atom. The summed E-state index contributed by atoms with van der Waals surface area (Å²) < 4.78 is 30.8. The molecule has 0 heterocycles. The van der Waals surface area contributed by atoms with Crippen molar-refractivity contribution in [2.75, 3.05) is 40.9 Å². The number of hydrogen-bond acceptors (Lipinski definition) is 6. The highest BCUT2D eigenvalue weighted by Crippen LogP contribution is 2.43. The van der Waals surface area contributed by atoms with Gasteiger partial charge in [-0.25, -0.2) is 4.57 Å². The molecule has 9 nitrogen and oxygen atoms in total. The molecule has 0 aliphatic heterocycles. The van der Waals surface area contributed by atoms with E-state index < -0.39 is 20.0 Å². The van der Waals surface area contributed by atoms with Gasteiger partial charge in [-0.1, -0.05) is 314 Å². The van der Waals surface area contributed by atoms with Crippen LogP contribution in [0, 0.1) is 0 Å². The van der Waals surface area contributed by atoms with Crippen LogP contribution >= 0.6 is 7.82 Å². The van der Waals surface area contributed by atoms with Gasteiger partial charge in [-0.15, -0.1) is 0 Å². The lowest BCUT2D eigenvalue weighted by molar-refractivity contribution is -0.870. The summed E-state index contributed by atoms with van der Waals surface area (Å²) in [6.45, 7) is 7.05. The number of hydrogen-bond donors (Lipinski definition) is 2. The predicted octanol–water partition coefficient (Wildman–Crippen LogP) is 22.2. The number of carbonyl (C=O) groups is 2. The van der Waals surface area contributed by atoms with Crippen molar-refractivity contribution in [3.05, 3.63) is 36.5 Å². The lowest BCUT2D eigenvalue weighted by Crippen LogP contribution is -2.47. The van der Waals surface area contributed by atoms with Crippen molar-refractivity contribution < 1.29 is 37.3 Å². The van der Waals surface area contributed by atoms with Crippen LogP contribution in [-0.4, -0.2) is 74.3 Å². The minimum Gasteiger partial charge on any atom is -0.456 e. The highest BCUT2D eigenvalue weighted by atomic mass is 31.2. The van der Waals surface area contributed by atoms with E-state index in [2.05, 4.69) is 50.4 Å². The highest BCUT2D eigenvalue weighted by Gasteiger charge is 2.30. The first-order chi connectivity index (χ1) is 39.4. The summed E-state index contributed by atoms with van der Waals surface area (Å²) in [6.07, 6.45) is 75.8. The fourth-order valence-electron chi connectivity index (χ4n) is 10.6. The van der Waals surface area contributed by atoms with Crippen LogP contribution < -0.4 is 5.32 Å². The van der Waals surface area contributed by atoms with Gasteiger partial charge in [-0.05, 0) is 63.9 Å². The van der Waals surface area contributed by atoms with E-state index in [1.807, 2.05) is 33.3 Å². The number of nitrogens with zero attached hydrogens (tertiary/aromatic N) is 1. The molecule has 2 N–H and O–H groups in total. The van der Waals surface area contributed by atoms with Crippen molar-refractivity contribution in [2.45, 2.75) is 367 Å². The molecular formula is C71H138N2O7P+. The molecule has 0 spiro atoms. The van der Waals surface area contributed by atoms with Crippen molar-refractivity contribution in [3.8, 4) is 0 Å². The third-order valence-electron chi connectivity index (χ3n) is 16.1. The lowest BCUT2D eigenvalue weighted by Gasteiger charge is -2.27. The van der Waals surface area contributed by atoms with Gasteiger partial charge in [0.2, 0.25) is 5.91 Å². The Kier molecular flexibility index (Phi) is 60.0. The van der Waals surface area contributed by atoms with Crippen molar-refractivity contribution >= 4 is 19.7 Å². The van der Waals surface area contributed by atoms with Gasteiger partial charge in [0, 0.05) is 12.8 Å². The van der Waals surface area contributed by atoms with E-state index in [0.717, 1.165) is 64.2 Å². The van der Waals surface area contributed by atoms with Gasteiger partial charge in [-0.2, -0.15) is 0 Å². The molecule has 0 aromatic heterocycles. The van der Waals surface area contributed by atoms with E-state index in [0.29, 0.717) is 23.9 Å². The Balaban J connectivity index is 5.10. The summed E-state index contributed by atoms with van der Waals surface area (Å²) in [7, 11) is 1.51. The molecule has 3 atom stereocenters. The largest absolute Gasteiger partial charge is 0.472 e. The molecular weight excluding hydrogens is 1020 g/mol. The average molecular weight is 1160 g/mol. The maximum absolute atomic E-state index is 13.6. The molecule has 0 aromatic carbocycles. The summed E-state index contributed by atoms with van der Waals surface area (Å²) in [5, 5.41) is 3.07. The van der Waals surface area contributed by atoms with E-state index in [9.17, 15) is 19.0 Å². The zero-order valence-corrected chi connectivity index (χ0v) is 55.7. The van der Waals surface area contributed by atoms with Crippen LogP contribution in [0.3, 0.4) is 0 Å².